The molecule has 19 heavy (non-hydrogen) atoms. The Morgan fingerprint density at radius 2 is 2.11 bits per heavy atom. The Balaban J connectivity index is 2.20. The van der Waals surface area contributed by atoms with Crippen LogP contribution in [0.15, 0.2) is 41.0 Å². The molecular weight excluding hydrogens is 304 g/mol. The largest absolute Gasteiger partial charge is 0.384 e. The van der Waals surface area contributed by atoms with E-state index in [0.717, 1.165) is 28.0 Å². The van der Waals surface area contributed by atoms with Crippen LogP contribution in [0.2, 0.25) is 0 Å². The molecule has 0 aliphatic rings. The number of pyridine rings is 1. The van der Waals surface area contributed by atoms with Gasteiger partial charge in [0.15, 0.2) is 0 Å². The number of benzene rings is 1. The zero-order valence-electron chi connectivity index (χ0n) is 11.1. The molecule has 0 bridgehead atoms. The number of hydrogen-bond donors (Lipinski definition) is 1. The average molecular weight is 321 g/mol. The van der Waals surface area contributed by atoms with Gasteiger partial charge in [0, 0.05) is 23.5 Å². The fourth-order valence-electron chi connectivity index (χ4n) is 1.82. The van der Waals surface area contributed by atoms with E-state index in [2.05, 4.69) is 38.4 Å². The Morgan fingerprint density at radius 3 is 2.84 bits per heavy atom. The fraction of sp³-hybridized carbons (Fsp3) is 0.267. The second-order valence-corrected chi connectivity index (χ2v) is 5.20. The van der Waals surface area contributed by atoms with E-state index in [9.17, 15) is 0 Å². The quantitative estimate of drug-likeness (QED) is 0.901. The van der Waals surface area contributed by atoms with E-state index in [4.69, 9.17) is 4.74 Å². The van der Waals surface area contributed by atoms with Crippen molar-refractivity contribution < 1.29 is 4.74 Å². The highest BCUT2D eigenvalue weighted by molar-refractivity contribution is 9.10. The normalized spacial score (nSPS) is 10.5. The number of aromatic nitrogens is 1. The molecule has 0 saturated heterocycles. The van der Waals surface area contributed by atoms with Crippen LogP contribution in [0.5, 0.6) is 0 Å². The van der Waals surface area contributed by atoms with E-state index in [1.54, 1.807) is 7.11 Å². The van der Waals surface area contributed by atoms with Gasteiger partial charge in [0.2, 0.25) is 0 Å². The van der Waals surface area contributed by atoms with Gasteiger partial charge in [0.1, 0.15) is 5.82 Å². The molecule has 3 nitrogen and oxygen atoms in total. The van der Waals surface area contributed by atoms with Gasteiger partial charge in [0.05, 0.1) is 6.61 Å². The lowest BCUT2D eigenvalue weighted by atomic mass is 10.1. The molecule has 1 heterocycles. The lowest BCUT2D eigenvalue weighted by Gasteiger charge is -2.12. The molecule has 0 spiro atoms. The zero-order chi connectivity index (χ0) is 13.7. The van der Waals surface area contributed by atoms with Crippen molar-refractivity contribution in [1.82, 2.24) is 4.98 Å². The first kappa shape index (κ1) is 14.0. The van der Waals surface area contributed by atoms with Gasteiger partial charge >= 0.3 is 0 Å². The van der Waals surface area contributed by atoms with Gasteiger partial charge < -0.3 is 10.1 Å². The van der Waals surface area contributed by atoms with Gasteiger partial charge in [-0.05, 0) is 52.5 Å². The van der Waals surface area contributed by atoms with E-state index in [0.29, 0.717) is 6.61 Å². The highest BCUT2D eigenvalue weighted by Crippen LogP contribution is 2.23. The summed E-state index contributed by atoms with van der Waals surface area (Å²) in [4.78, 5) is 4.37. The summed E-state index contributed by atoms with van der Waals surface area (Å²) in [5.74, 6) is 0.852. The minimum absolute atomic E-state index is 0.714. The number of methoxy groups -OCH3 is 1. The number of anilines is 2. The Morgan fingerprint density at radius 1 is 1.32 bits per heavy atom. The van der Waals surface area contributed by atoms with Crippen molar-refractivity contribution in [1.29, 1.82) is 0 Å². The van der Waals surface area contributed by atoms with Crippen LogP contribution in [0.1, 0.15) is 11.1 Å². The number of aryl methyl sites for hydroxylation is 1. The molecule has 2 aromatic rings. The summed E-state index contributed by atoms with van der Waals surface area (Å²) in [5, 5.41) is 3.36. The molecule has 2 rings (SSSR count). The van der Waals surface area contributed by atoms with Gasteiger partial charge in [-0.2, -0.15) is 0 Å². The molecular formula is C15H17BrN2O. The van der Waals surface area contributed by atoms with Crippen LogP contribution in [-0.4, -0.2) is 18.7 Å². The van der Waals surface area contributed by atoms with E-state index in [-0.39, 0.29) is 0 Å². The van der Waals surface area contributed by atoms with E-state index < -0.39 is 0 Å². The molecule has 1 aromatic heterocycles. The third-order valence-electron chi connectivity index (χ3n) is 2.90. The van der Waals surface area contributed by atoms with Crippen LogP contribution in [0.25, 0.3) is 0 Å². The molecule has 4 heteroatoms. The molecule has 0 aliphatic heterocycles. The van der Waals surface area contributed by atoms with Crippen molar-refractivity contribution in [2.75, 3.05) is 19.0 Å². The SMILES string of the molecule is COCCc1ccccc1Nc1cc(C)c(Br)cn1. The topological polar surface area (TPSA) is 34.1 Å². The molecule has 0 atom stereocenters. The minimum Gasteiger partial charge on any atom is -0.384 e. The lowest BCUT2D eigenvalue weighted by molar-refractivity contribution is 0.202. The molecule has 0 unspecified atom stereocenters. The Labute approximate surface area is 122 Å². The van der Waals surface area contributed by atoms with Crippen LogP contribution in [-0.2, 0) is 11.2 Å². The maximum atomic E-state index is 5.14. The van der Waals surface area contributed by atoms with Gasteiger partial charge in [-0.25, -0.2) is 4.98 Å². The van der Waals surface area contributed by atoms with Crippen molar-refractivity contribution in [2.45, 2.75) is 13.3 Å². The van der Waals surface area contributed by atoms with E-state index >= 15 is 0 Å². The first-order valence-corrected chi connectivity index (χ1v) is 6.96. The maximum absolute atomic E-state index is 5.14. The van der Waals surface area contributed by atoms with Gasteiger partial charge in [-0.3, -0.25) is 0 Å². The number of ether oxygens (including phenoxy) is 1. The number of para-hydroxylation sites is 1. The summed E-state index contributed by atoms with van der Waals surface area (Å²) in [6, 6.07) is 10.2. The first-order chi connectivity index (χ1) is 9.20. The van der Waals surface area contributed by atoms with Crippen LogP contribution in [0, 0.1) is 6.92 Å². The smallest absolute Gasteiger partial charge is 0.130 e. The molecule has 0 aliphatic carbocycles. The number of hydrogen-bond acceptors (Lipinski definition) is 3. The zero-order valence-corrected chi connectivity index (χ0v) is 12.7. The summed E-state index contributed by atoms with van der Waals surface area (Å²) in [6.45, 7) is 2.76. The second-order valence-electron chi connectivity index (χ2n) is 4.34. The predicted octanol–water partition coefficient (Wildman–Crippen LogP) is 4.09. The standard InChI is InChI=1S/C15H17BrN2O/c1-11-9-15(17-10-13(11)16)18-14-6-4-3-5-12(14)7-8-19-2/h3-6,9-10H,7-8H2,1-2H3,(H,17,18). The van der Waals surface area contributed by atoms with Crippen molar-refractivity contribution in [3.05, 3.63) is 52.1 Å². The number of nitrogens with zero attached hydrogens (tertiary/aromatic N) is 1. The van der Waals surface area contributed by atoms with Crippen LogP contribution in [0.3, 0.4) is 0 Å². The molecule has 1 N–H and O–H groups in total. The van der Waals surface area contributed by atoms with Crippen LogP contribution < -0.4 is 5.32 Å². The third kappa shape index (κ3) is 3.78. The van der Waals surface area contributed by atoms with E-state index in [1.165, 1.54) is 5.56 Å². The van der Waals surface area contributed by atoms with Crippen molar-refractivity contribution in [3.8, 4) is 0 Å². The average Bonchev–Trinajstić information content (AvgIpc) is 2.42. The van der Waals surface area contributed by atoms with Crippen molar-refractivity contribution in [2.24, 2.45) is 0 Å². The summed E-state index contributed by atoms with van der Waals surface area (Å²) >= 11 is 3.46. The van der Waals surface area contributed by atoms with Gasteiger partial charge in [-0.1, -0.05) is 18.2 Å². The van der Waals surface area contributed by atoms with Crippen LogP contribution in [0.4, 0.5) is 11.5 Å². The predicted molar refractivity (Wildman–Crippen MR) is 82.0 cm³/mol. The molecule has 0 fully saturated rings. The van der Waals surface area contributed by atoms with Gasteiger partial charge in [-0.15, -0.1) is 0 Å². The highest BCUT2D eigenvalue weighted by Gasteiger charge is 2.04. The van der Waals surface area contributed by atoms with Crippen LogP contribution >= 0.6 is 15.9 Å². The van der Waals surface area contributed by atoms with E-state index in [1.807, 2.05) is 31.3 Å². The second kappa shape index (κ2) is 6.68. The summed E-state index contributed by atoms with van der Waals surface area (Å²) < 4.78 is 6.16. The van der Waals surface area contributed by atoms with Crippen molar-refractivity contribution >= 4 is 27.4 Å². The summed E-state index contributed by atoms with van der Waals surface area (Å²) in [7, 11) is 1.72. The summed E-state index contributed by atoms with van der Waals surface area (Å²) in [5.41, 5.74) is 3.47. The monoisotopic (exact) mass is 320 g/mol. The first-order valence-electron chi connectivity index (χ1n) is 6.16. The number of rotatable bonds is 5. The van der Waals surface area contributed by atoms with Crippen molar-refractivity contribution in [3.63, 3.8) is 0 Å². The Kier molecular flexibility index (Phi) is 4.93. The molecule has 0 amide bonds. The molecule has 100 valence electrons. The number of nitrogens with one attached hydrogen (secondary N) is 1. The molecule has 0 radical (unpaired) electrons. The number of halogens is 1. The molecule has 1 aromatic carbocycles. The third-order valence-corrected chi connectivity index (χ3v) is 3.73. The molecule has 0 saturated carbocycles. The summed E-state index contributed by atoms with van der Waals surface area (Å²) in [6.07, 6.45) is 2.70. The lowest BCUT2D eigenvalue weighted by Crippen LogP contribution is -2.01. The fourth-order valence-corrected chi connectivity index (χ4v) is 2.03. The Bertz CT molecular complexity index is 558. The Hall–Kier alpha value is -1.39. The van der Waals surface area contributed by atoms with Gasteiger partial charge in [0.25, 0.3) is 0 Å². The maximum Gasteiger partial charge on any atom is 0.130 e. The highest BCUT2D eigenvalue weighted by atomic mass is 79.9. The minimum atomic E-state index is 0.714.